The van der Waals surface area contributed by atoms with E-state index >= 15 is 0 Å². The molecular weight excluding hydrogens is 666 g/mol. The third-order valence-electron chi connectivity index (χ3n) is 11.1. The molecule has 0 unspecified atom stereocenters. The van der Waals surface area contributed by atoms with Gasteiger partial charge in [-0.05, 0) is 97.8 Å². The second-order valence-electron chi connectivity index (χ2n) is 13.7. The molecule has 0 heterocycles. The first kappa shape index (κ1) is 29.3. The number of benzene rings is 6. The minimum absolute atomic E-state index is 0.0351. The first-order chi connectivity index (χ1) is 20.9. The summed E-state index contributed by atoms with van der Waals surface area (Å²) in [5.74, 6) is 0. The van der Waals surface area contributed by atoms with Crippen LogP contribution < -0.4 is 4.90 Å². The Balaban J connectivity index is 1.56. The van der Waals surface area contributed by atoms with E-state index in [1.807, 2.05) is 0 Å². The highest BCUT2D eigenvalue weighted by molar-refractivity contribution is 9.10. The van der Waals surface area contributed by atoms with Crippen LogP contribution >= 0.6 is 31.9 Å². The number of fused-ring (bicyclic) bond motifs is 3. The van der Waals surface area contributed by atoms with Crippen LogP contribution in [-0.2, 0) is 10.8 Å². The second kappa shape index (κ2) is 10.3. The molecule has 7 rings (SSSR count). The lowest BCUT2D eigenvalue weighted by Gasteiger charge is -2.44. The fraction of sp³-hybridized carbons (Fsp3) is 0.220. The van der Waals surface area contributed by atoms with E-state index in [-0.39, 0.29) is 16.2 Å². The van der Waals surface area contributed by atoms with E-state index in [4.69, 9.17) is 0 Å². The van der Waals surface area contributed by atoms with Crippen LogP contribution in [0.3, 0.4) is 0 Å². The van der Waals surface area contributed by atoms with Crippen LogP contribution in [-0.4, -0.2) is 0 Å². The van der Waals surface area contributed by atoms with Crippen molar-refractivity contribution >= 4 is 70.5 Å². The Morgan fingerprint density at radius 3 is 1.39 bits per heavy atom. The highest BCUT2D eigenvalue weighted by atomic mass is 79.9. The average Bonchev–Trinajstić information content (AvgIpc) is 3.12. The summed E-state index contributed by atoms with van der Waals surface area (Å²) >= 11 is 7.30. The molecule has 3 heteroatoms. The summed E-state index contributed by atoms with van der Waals surface area (Å²) in [5.41, 5.74) is 9.16. The van der Waals surface area contributed by atoms with E-state index in [0.717, 1.165) is 20.3 Å². The zero-order valence-corrected chi connectivity index (χ0v) is 29.3. The van der Waals surface area contributed by atoms with Gasteiger partial charge in [-0.1, -0.05) is 140 Å². The Morgan fingerprint density at radius 2 is 0.909 bits per heavy atom. The van der Waals surface area contributed by atoms with Crippen LogP contribution in [0.4, 0.5) is 17.1 Å². The first-order valence-corrected chi connectivity index (χ1v) is 16.9. The van der Waals surface area contributed by atoms with Gasteiger partial charge in [0.15, 0.2) is 0 Å². The lowest BCUT2D eigenvalue weighted by atomic mass is 9.59. The Morgan fingerprint density at radius 1 is 0.477 bits per heavy atom. The normalized spacial score (nSPS) is 16.3. The zero-order valence-electron chi connectivity index (χ0n) is 26.2. The average molecular weight is 704 g/mol. The van der Waals surface area contributed by atoms with Crippen molar-refractivity contribution < 1.29 is 0 Å². The van der Waals surface area contributed by atoms with E-state index in [1.54, 1.807) is 0 Å². The molecular formula is C41H37Br2N. The second-order valence-corrected chi connectivity index (χ2v) is 15.6. The van der Waals surface area contributed by atoms with Gasteiger partial charge in [-0.3, -0.25) is 0 Å². The lowest BCUT2D eigenvalue weighted by Crippen LogP contribution is -2.42. The molecule has 44 heavy (non-hydrogen) atoms. The van der Waals surface area contributed by atoms with Crippen LogP contribution in [0.1, 0.15) is 52.7 Å². The molecule has 0 bridgehead atoms. The molecule has 220 valence electrons. The highest BCUT2D eigenvalue weighted by Crippen LogP contribution is 2.62. The third kappa shape index (κ3) is 4.23. The fourth-order valence-electron chi connectivity index (χ4n) is 7.46. The maximum absolute atomic E-state index is 3.65. The van der Waals surface area contributed by atoms with Crippen molar-refractivity contribution in [2.24, 2.45) is 5.41 Å². The maximum Gasteiger partial charge on any atom is 0.0618 e. The Labute approximate surface area is 278 Å². The Bertz CT molecular complexity index is 1950. The summed E-state index contributed by atoms with van der Waals surface area (Å²) < 4.78 is 2.13. The molecule has 0 atom stereocenters. The molecule has 1 aliphatic rings. The van der Waals surface area contributed by atoms with Crippen LogP contribution in [0.15, 0.2) is 124 Å². The van der Waals surface area contributed by atoms with Gasteiger partial charge < -0.3 is 4.90 Å². The number of nitrogens with zero attached hydrogens (tertiary/aromatic N) is 1. The molecule has 0 saturated heterocycles. The van der Waals surface area contributed by atoms with Crippen LogP contribution in [0.2, 0.25) is 0 Å². The van der Waals surface area contributed by atoms with E-state index in [9.17, 15) is 0 Å². The van der Waals surface area contributed by atoms with Crippen LogP contribution in [0.5, 0.6) is 0 Å². The third-order valence-corrected chi connectivity index (χ3v) is 12.1. The SMILES string of the molecule is CC1(C)c2ccc(-c3c4ccccc4c(N(c4ccc(Br)cc4)c4ccc(Br)cc4)c4ccccc34)cc2C(C)(C)C1(C)C. The standard InChI is InChI=1S/C41H37Br2N/c1-39(2)35-24-15-26(25-36(35)40(3,4)41(39,5)6)37-31-11-7-9-13-33(31)38(34-14-10-8-12-32(34)37)44(29-20-16-27(42)17-21-29)30-22-18-28(43)19-23-30/h7-25H,1-6H3. The fourth-order valence-corrected chi connectivity index (χ4v) is 7.99. The minimum Gasteiger partial charge on any atom is -0.309 e. The predicted octanol–water partition coefficient (Wildman–Crippen LogP) is 13.2. The molecule has 0 spiro atoms. The molecule has 0 saturated carbocycles. The number of rotatable bonds is 4. The van der Waals surface area contributed by atoms with Crippen molar-refractivity contribution in [3.63, 3.8) is 0 Å². The molecule has 0 N–H and O–H groups in total. The van der Waals surface area contributed by atoms with Gasteiger partial charge >= 0.3 is 0 Å². The van der Waals surface area contributed by atoms with Crippen molar-refractivity contribution in [3.8, 4) is 11.1 Å². The summed E-state index contributed by atoms with van der Waals surface area (Å²) in [6.07, 6.45) is 0. The van der Waals surface area contributed by atoms with Gasteiger partial charge in [-0.15, -0.1) is 0 Å². The monoisotopic (exact) mass is 701 g/mol. The lowest BCUT2D eigenvalue weighted by molar-refractivity contribution is 0.125. The quantitative estimate of drug-likeness (QED) is 0.165. The molecule has 0 aromatic heterocycles. The van der Waals surface area contributed by atoms with Gasteiger partial charge in [-0.25, -0.2) is 0 Å². The van der Waals surface area contributed by atoms with E-state index < -0.39 is 0 Å². The van der Waals surface area contributed by atoms with Crippen molar-refractivity contribution in [2.75, 3.05) is 4.90 Å². The minimum atomic E-state index is 0.0351. The van der Waals surface area contributed by atoms with E-state index in [1.165, 1.54) is 49.5 Å². The topological polar surface area (TPSA) is 3.24 Å². The number of hydrogen-bond acceptors (Lipinski definition) is 1. The van der Waals surface area contributed by atoms with E-state index in [0.29, 0.717) is 0 Å². The molecule has 0 aliphatic heterocycles. The smallest absolute Gasteiger partial charge is 0.0618 e. The van der Waals surface area contributed by atoms with Gasteiger partial charge in [-0.2, -0.15) is 0 Å². The summed E-state index contributed by atoms with van der Waals surface area (Å²) in [4.78, 5) is 2.41. The van der Waals surface area contributed by atoms with Gasteiger partial charge in [0.25, 0.3) is 0 Å². The largest absolute Gasteiger partial charge is 0.309 e. The number of hydrogen-bond donors (Lipinski definition) is 0. The van der Waals surface area contributed by atoms with Crippen LogP contribution in [0, 0.1) is 5.41 Å². The molecule has 1 nitrogen and oxygen atoms in total. The van der Waals surface area contributed by atoms with Crippen LogP contribution in [0.25, 0.3) is 32.7 Å². The molecule has 6 aromatic carbocycles. The number of anilines is 3. The van der Waals surface area contributed by atoms with Gasteiger partial charge in [0, 0.05) is 31.1 Å². The summed E-state index contributed by atoms with van der Waals surface area (Å²) in [7, 11) is 0. The van der Waals surface area contributed by atoms with E-state index in [2.05, 4.69) is 194 Å². The zero-order chi connectivity index (χ0) is 31.0. The molecule has 0 radical (unpaired) electrons. The van der Waals surface area contributed by atoms with Gasteiger partial charge in [0.1, 0.15) is 0 Å². The molecule has 1 aliphatic carbocycles. The van der Waals surface area contributed by atoms with Crippen molar-refractivity contribution in [1.29, 1.82) is 0 Å². The Hall–Kier alpha value is -3.40. The van der Waals surface area contributed by atoms with Gasteiger partial charge in [0.2, 0.25) is 0 Å². The molecule has 0 fully saturated rings. The van der Waals surface area contributed by atoms with Crippen molar-refractivity contribution in [3.05, 3.63) is 135 Å². The van der Waals surface area contributed by atoms with Crippen molar-refractivity contribution in [1.82, 2.24) is 0 Å². The molecule has 6 aromatic rings. The first-order valence-electron chi connectivity index (χ1n) is 15.3. The Kier molecular flexibility index (Phi) is 6.88. The van der Waals surface area contributed by atoms with Gasteiger partial charge in [0.05, 0.1) is 5.69 Å². The summed E-state index contributed by atoms with van der Waals surface area (Å²) in [6, 6.07) is 42.4. The number of halogens is 2. The highest BCUT2D eigenvalue weighted by Gasteiger charge is 2.56. The predicted molar refractivity (Wildman–Crippen MR) is 197 cm³/mol. The summed E-state index contributed by atoms with van der Waals surface area (Å²) in [5, 5.41) is 4.98. The maximum atomic E-state index is 3.65. The van der Waals surface area contributed by atoms with Crippen molar-refractivity contribution in [2.45, 2.75) is 52.4 Å². The molecule has 0 amide bonds. The summed E-state index contributed by atoms with van der Waals surface area (Å²) in [6.45, 7) is 14.6.